The van der Waals surface area contributed by atoms with E-state index in [2.05, 4.69) is 10.3 Å². The number of benzene rings is 2. The maximum atomic E-state index is 14.0. The summed E-state index contributed by atoms with van der Waals surface area (Å²) in [5.74, 6) is -1.37. The molecule has 0 bridgehead atoms. The van der Waals surface area contributed by atoms with Gasteiger partial charge in [-0.3, -0.25) is 19.4 Å². The van der Waals surface area contributed by atoms with E-state index in [1.165, 1.54) is 42.6 Å². The molecular weight excluding hydrogens is 548 g/mol. The van der Waals surface area contributed by atoms with Crippen LogP contribution in [0.3, 0.4) is 0 Å². The van der Waals surface area contributed by atoms with Crippen LogP contribution in [-0.4, -0.2) is 73.2 Å². The SMILES string of the molecule is COc1ccc(CN(C(=O)CN2C(=O)c3ccccc3S2(=O)=O)[C@@H](C(=O)NC[C@H]2CCCO2)c2ccncc2)cc1. The van der Waals surface area contributed by atoms with Crippen molar-refractivity contribution >= 4 is 27.7 Å². The van der Waals surface area contributed by atoms with Gasteiger partial charge in [-0.1, -0.05) is 24.3 Å². The largest absolute Gasteiger partial charge is 0.497 e. The van der Waals surface area contributed by atoms with Crippen molar-refractivity contribution in [2.45, 2.75) is 36.4 Å². The van der Waals surface area contributed by atoms with E-state index >= 15 is 0 Å². The van der Waals surface area contributed by atoms with Crippen LogP contribution < -0.4 is 10.1 Å². The molecule has 2 aliphatic rings. The third-order valence-electron chi connectivity index (χ3n) is 7.13. The van der Waals surface area contributed by atoms with Gasteiger partial charge in [0.05, 0.1) is 18.8 Å². The van der Waals surface area contributed by atoms with E-state index in [4.69, 9.17) is 9.47 Å². The van der Waals surface area contributed by atoms with Crippen molar-refractivity contribution in [3.63, 3.8) is 0 Å². The molecule has 12 heteroatoms. The molecule has 41 heavy (non-hydrogen) atoms. The first-order valence-electron chi connectivity index (χ1n) is 13.2. The summed E-state index contributed by atoms with van der Waals surface area (Å²) in [6.07, 6.45) is 4.60. The summed E-state index contributed by atoms with van der Waals surface area (Å²) in [5.41, 5.74) is 1.15. The molecule has 0 radical (unpaired) electrons. The van der Waals surface area contributed by atoms with E-state index in [0.29, 0.717) is 27.8 Å². The molecule has 3 heterocycles. The summed E-state index contributed by atoms with van der Waals surface area (Å²) in [7, 11) is -2.71. The first kappa shape index (κ1) is 28.2. The number of rotatable bonds is 10. The maximum Gasteiger partial charge on any atom is 0.269 e. The second-order valence-corrected chi connectivity index (χ2v) is 11.6. The number of carbonyl (C=O) groups excluding carboxylic acids is 3. The van der Waals surface area contributed by atoms with E-state index in [1.54, 1.807) is 42.5 Å². The van der Waals surface area contributed by atoms with Crippen molar-refractivity contribution in [3.8, 4) is 5.75 Å². The van der Waals surface area contributed by atoms with Crippen LogP contribution in [0.25, 0.3) is 0 Å². The molecule has 11 nitrogen and oxygen atoms in total. The zero-order valence-corrected chi connectivity index (χ0v) is 23.2. The van der Waals surface area contributed by atoms with Gasteiger partial charge in [-0.25, -0.2) is 12.7 Å². The lowest BCUT2D eigenvalue weighted by molar-refractivity contribution is -0.141. The van der Waals surface area contributed by atoms with Gasteiger partial charge in [0.2, 0.25) is 11.8 Å². The molecule has 1 saturated heterocycles. The van der Waals surface area contributed by atoms with Gasteiger partial charge in [-0.2, -0.15) is 0 Å². The summed E-state index contributed by atoms with van der Waals surface area (Å²) in [4.78, 5) is 46.0. The van der Waals surface area contributed by atoms with Crippen LogP contribution >= 0.6 is 0 Å². The van der Waals surface area contributed by atoms with Gasteiger partial charge in [0.25, 0.3) is 15.9 Å². The van der Waals surface area contributed by atoms with Crippen LogP contribution in [0.15, 0.2) is 78.0 Å². The summed E-state index contributed by atoms with van der Waals surface area (Å²) in [6.45, 7) is 0.0706. The molecule has 2 atom stereocenters. The zero-order chi connectivity index (χ0) is 29.0. The highest BCUT2D eigenvalue weighted by atomic mass is 32.2. The van der Waals surface area contributed by atoms with Gasteiger partial charge in [0, 0.05) is 32.1 Å². The summed E-state index contributed by atoms with van der Waals surface area (Å²) >= 11 is 0. The average Bonchev–Trinajstić information content (AvgIpc) is 3.58. The summed E-state index contributed by atoms with van der Waals surface area (Å²) in [5, 5.41) is 2.90. The predicted octanol–water partition coefficient (Wildman–Crippen LogP) is 2.30. The summed E-state index contributed by atoms with van der Waals surface area (Å²) < 4.78 is 37.9. The number of carbonyl (C=O) groups is 3. The van der Waals surface area contributed by atoms with Crippen LogP contribution in [0.4, 0.5) is 0 Å². The Morgan fingerprint density at radius 3 is 2.51 bits per heavy atom. The predicted molar refractivity (Wildman–Crippen MR) is 147 cm³/mol. The van der Waals surface area contributed by atoms with Gasteiger partial charge in [-0.05, 0) is 60.4 Å². The molecule has 3 aromatic rings. The second-order valence-electron chi connectivity index (χ2n) is 9.75. The Morgan fingerprint density at radius 1 is 1.12 bits per heavy atom. The van der Waals surface area contributed by atoms with Crippen molar-refractivity contribution in [3.05, 3.63) is 89.7 Å². The van der Waals surface area contributed by atoms with E-state index in [-0.39, 0.29) is 29.7 Å². The minimum Gasteiger partial charge on any atom is -0.497 e. The number of amides is 3. The molecule has 1 N–H and O–H groups in total. The van der Waals surface area contributed by atoms with Crippen LogP contribution in [-0.2, 0) is 30.9 Å². The van der Waals surface area contributed by atoms with Crippen molar-refractivity contribution in [1.82, 2.24) is 19.5 Å². The molecule has 2 aliphatic heterocycles. The minimum absolute atomic E-state index is 0.00185. The van der Waals surface area contributed by atoms with E-state index in [9.17, 15) is 22.8 Å². The van der Waals surface area contributed by atoms with Gasteiger partial charge in [0.1, 0.15) is 23.2 Å². The number of nitrogens with one attached hydrogen (secondary N) is 1. The van der Waals surface area contributed by atoms with Crippen molar-refractivity contribution < 1.29 is 32.3 Å². The quantitative estimate of drug-likeness (QED) is 0.387. The van der Waals surface area contributed by atoms with Crippen LogP contribution in [0, 0.1) is 0 Å². The number of nitrogens with zero attached hydrogens (tertiary/aromatic N) is 3. The number of hydrogen-bond acceptors (Lipinski definition) is 8. The number of ether oxygens (including phenoxy) is 2. The molecule has 1 aromatic heterocycles. The van der Waals surface area contributed by atoms with E-state index in [1.807, 2.05) is 0 Å². The number of aromatic nitrogens is 1. The molecule has 0 aliphatic carbocycles. The van der Waals surface area contributed by atoms with Crippen molar-refractivity contribution in [2.75, 3.05) is 26.8 Å². The molecule has 0 spiro atoms. The Bertz CT molecular complexity index is 1520. The Labute approximate surface area is 238 Å². The van der Waals surface area contributed by atoms with Gasteiger partial charge >= 0.3 is 0 Å². The van der Waals surface area contributed by atoms with E-state index in [0.717, 1.165) is 12.8 Å². The van der Waals surface area contributed by atoms with Crippen molar-refractivity contribution in [2.24, 2.45) is 0 Å². The number of pyridine rings is 1. The maximum absolute atomic E-state index is 14.0. The highest BCUT2D eigenvalue weighted by Gasteiger charge is 2.43. The monoisotopic (exact) mass is 578 g/mol. The second kappa shape index (κ2) is 12.1. The van der Waals surface area contributed by atoms with Gasteiger partial charge in [-0.15, -0.1) is 0 Å². The first-order valence-corrected chi connectivity index (χ1v) is 14.6. The van der Waals surface area contributed by atoms with Crippen LogP contribution in [0.2, 0.25) is 0 Å². The Hall–Kier alpha value is -4.29. The first-order chi connectivity index (χ1) is 19.8. The van der Waals surface area contributed by atoms with Crippen molar-refractivity contribution in [1.29, 1.82) is 0 Å². The lowest BCUT2D eigenvalue weighted by atomic mass is 10.0. The molecule has 214 valence electrons. The van der Waals surface area contributed by atoms with Crippen LogP contribution in [0.1, 0.15) is 40.4 Å². The lowest BCUT2D eigenvalue weighted by Crippen LogP contribution is -2.48. The third kappa shape index (κ3) is 5.93. The smallest absolute Gasteiger partial charge is 0.269 e. The molecule has 3 amide bonds. The number of fused-ring (bicyclic) bond motifs is 1. The number of methoxy groups -OCH3 is 1. The standard InChI is InChI=1S/C29H30N4O7S/c1-39-22-10-8-20(9-11-22)18-32(26(34)19-33-29(36)24-6-2-3-7-25(24)41(33,37)38)27(21-12-14-30-15-13-21)28(35)31-17-23-5-4-16-40-23/h2-3,6-15,23,27H,4-5,16-19H2,1H3,(H,31,35)/t23-,27-/m1/s1. The fraction of sp³-hybridized carbons (Fsp3) is 0.310. The fourth-order valence-electron chi connectivity index (χ4n) is 4.99. The highest BCUT2D eigenvalue weighted by molar-refractivity contribution is 7.90. The molecule has 5 rings (SSSR count). The third-order valence-corrected chi connectivity index (χ3v) is 8.92. The number of hydrogen-bond donors (Lipinski definition) is 1. The minimum atomic E-state index is -4.25. The highest BCUT2D eigenvalue weighted by Crippen LogP contribution is 2.31. The average molecular weight is 579 g/mol. The van der Waals surface area contributed by atoms with Crippen LogP contribution in [0.5, 0.6) is 5.75 Å². The molecule has 2 aromatic carbocycles. The topological polar surface area (TPSA) is 135 Å². The van der Waals surface area contributed by atoms with E-state index < -0.39 is 40.3 Å². The number of sulfonamides is 1. The normalized spacial score (nSPS) is 18.0. The zero-order valence-electron chi connectivity index (χ0n) is 22.4. The lowest BCUT2D eigenvalue weighted by Gasteiger charge is -2.32. The van der Waals surface area contributed by atoms with Gasteiger partial charge in [0.15, 0.2) is 0 Å². The Balaban J connectivity index is 1.49. The Kier molecular flexibility index (Phi) is 8.31. The Morgan fingerprint density at radius 2 is 1.85 bits per heavy atom. The molecular formula is C29H30N4O7S. The molecule has 0 saturated carbocycles. The molecule has 1 fully saturated rings. The van der Waals surface area contributed by atoms with Gasteiger partial charge < -0.3 is 19.7 Å². The molecule has 0 unspecified atom stereocenters. The fourth-order valence-corrected chi connectivity index (χ4v) is 6.51. The summed E-state index contributed by atoms with van der Waals surface area (Å²) in [6, 6.07) is 14.9.